The zero-order valence-electron chi connectivity index (χ0n) is 15.8. The van der Waals surface area contributed by atoms with Crippen molar-refractivity contribution in [2.45, 2.75) is 56.8 Å². The monoisotopic (exact) mass is 371 g/mol. The van der Waals surface area contributed by atoms with Crippen LogP contribution in [0.5, 0.6) is 0 Å². The first-order chi connectivity index (χ1) is 13.2. The number of likely N-dealkylation sites (tertiary alicyclic amines) is 1. The molecule has 3 aliphatic rings. The lowest BCUT2D eigenvalue weighted by Gasteiger charge is -2.37. The normalized spacial score (nSPS) is 28.2. The van der Waals surface area contributed by atoms with E-state index in [2.05, 4.69) is 20.5 Å². The zero-order valence-corrected chi connectivity index (χ0v) is 15.8. The first-order valence-corrected chi connectivity index (χ1v) is 10.2. The molecule has 1 aromatic rings. The highest BCUT2D eigenvalue weighted by Gasteiger charge is 2.43. The van der Waals surface area contributed by atoms with Crippen LogP contribution in [-0.2, 0) is 16.1 Å². The van der Waals surface area contributed by atoms with Crippen molar-refractivity contribution in [3.63, 3.8) is 0 Å². The van der Waals surface area contributed by atoms with Gasteiger partial charge in [0.1, 0.15) is 0 Å². The average molecular weight is 371 g/mol. The van der Waals surface area contributed by atoms with Crippen molar-refractivity contribution in [1.82, 2.24) is 25.4 Å². The van der Waals surface area contributed by atoms with E-state index in [4.69, 9.17) is 0 Å². The predicted octanol–water partition coefficient (Wildman–Crippen LogP) is 0.515. The van der Waals surface area contributed by atoms with E-state index in [-0.39, 0.29) is 29.9 Å². The lowest BCUT2D eigenvalue weighted by atomic mass is 10.0. The van der Waals surface area contributed by atoms with E-state index in [1.54, 1.807) is 6.20 Å². The molecule has 4 heterocycles. The van der Waals surface area contributed by atoms with Gasteiger partial charge < -0.3 is 15.5 Å². The Morgan fingerprint density at radius 1 is 1.30 bits per heavy atom. The highest BCUT2D eigenvalue weighted by atomic mass is 16.2. The van der Waals surface area contributed by atoms with Gasteiger partial charge in [-0.3, -0.25) is 19.5 Å². The van der Waals surface area contributed by atoms with Crippen LogP contribution in [-0.4, -0.2) is 70.9 Å². The average Bonchev–Trinajstić information content (AvgIpc) is 3.37. The number of pyridine rings is 1. The summed E-state index contributed by atoms with van der Waals surface area (Å²) in [6.45, 7) is 4.03. The van der Waals surface area contributed by atoms with Crippen LogP contribution in [0.4, 0.5) is 0 Å². The topological polar surface area (TPSA) is 77.6 Å². The van der Waals surface area contributed by atoms with Crippen LogP contribution in [0.3, 0.4) is 0 Å². The van der Waals surface area contributed by atoms with Gasteiger partial charge in [-0.05, 0) is 37.8 Å². The molecular formula is C20H29N5O2. The van der Waals surface area contributed by atoms with Crippen LogP contribution < -0.4 is 10.6 Å². The summed E-state index contributed by atoms with van der Waals surface area (Å²) in [5.74, 6) is 0.393. The Labute approximate surface area is 160 Å². The minimum atomic E-state index is -0.0770. The second kappa shape index (κ2) is 8.35. The summed E-state index contributed by atoms with van der Waals surface area (Å²) >= 11 is 0. The van der Waals surface area contributed by atoms with Gasteiger partial charge in [0, 0.05) is 57.4 Å². The largest absolute Gasteiger partial charge is 0.353 e. The SMILES string of the molecule is O=C1NC[C@@H](CCC(=O)N2CCCC2)N2C[C@@H](NCc3ccccn3)C[C@@H]12. The molecule has 2 amide bonds. The molecule has 3 fully saturated rings. The summed E-state index contributed by atoms with van der Waals surface area (Å²) in [6.07, 6.45) is 6.27. The number of nitrogens with one attached hydrogen (secondary N) is 2. The Balaban J connectivity index is 1.30. The van der Waals surface area contributed by atoms with Crippen molar-refractivity contribution in [3.8, 4) is 0 Å². The van der Waals surface area contributed by atoms with Gasteiger partial charge in [-0.15, -0.1) is 0 Å². The van der Waals surface area contributed by atoms with E-state index in [0.717, 1.165) is 51.0 Å². The molecule has 2 N–H and O–H groups in total. The summed E-state index contributed by atoms with van der Waals surface area (Å²) in [4.78, 5) is 33.3. The molecule has 27 heavy (non-hydrogen) atoms. The van der Waals surface area contributed by atoms with E-state index in [1.807, 2.05) is 23.1 Å². The van der Waals surface area contributed by atoms with Crippen LogP contribution in [0.1, 0.15) is 37.8 Å². The third kappa shape index (κ3) is 4.30. The third-order valence-corrected chi connectivity index (χ3v) is 6.07. The zero-order chi connectivity index (χ0) is 18.6. The number of aromatic nitrogens is 1. The Bertz CT molecular complexity index is 662. The van der Waals surface area contributed by atoms with E-state index in [0.29, 0.717) is 19.5 Å². The number of hydrogen-bond acceptors (Lipinski definition) is 5. The first kappa shape index (κ1) is 18.4. The van der Waals surface area contributed by atoms with Crippen LogP contribution >= 0.6 is 0 Å². The molecule has 0 unspecified atom stereocenters. The Morgan fingerprint density at radius 3 is 2.93 bits per heavy atom. The second-order valence-electron chi connectivity index (χ2n) is 7.87. The fourth-order valence-electron chi connectivity index (χ4n) is 4.56. The number of piperazine rings is 1. The summed E-state index contributed by atoms with van der Waals surface area (Å²) < 4.78 is 0. The fraction of sp³-hybridized carbons (Fsp3) is 0.650. The number of carbonyl (C=O) groups excluding carboxylic acids is 2. The van der Waals surface area contributed by atoms with Crippen molar-refractivity contribution in [2.24, 2.45) is 0 Å². The van der Waals surface area contributed by atoms with E-state index in [9.17, 15) is 9.59 Å². The molecule has 3 atom stereocenters. The second-order valence-corrected chi connectivity index (χ2v) is 7.87. The Morgan fingerprint density at radius 2 is 2.15 bits per heavy atom. The fourth-order valence-corrected chi connectivity index (χ4v) is 4.56. The van der Waals surface area contributed by atoms with E-state index < -0.39 is 0 Å². The van der Waals surface area contributed by atoms with Gasteiger partial charge in [0.15, 0.2) is 0 Å². The minimum Gasteiger partial charge on any atom is -0.353 e. The van der Waals surface area contributed by atoms with Gasteiger partial charge >= 0.3 is 0 Å². The number of amides is 2. The summed E-state index contributed by atoms with van der Waals surface area (Å²) in [6, 6.07) is 6.36. The molecule has 7 heteroatoms. The molecule has 0 aliphatic carbocycles. The number of carbonyl (C=O) groups is 2. The van der Waals surface area contributed by atoms with Gasteiger partial charge in [-0.1, -0.05) is 6.07 Å². The molecule has 0 saturated carbocycles. The Kier molecular flexibility index (Phi) is 5.69. The molecule has 0 radical (unpaired) electrons. The molecule has 0 bridgehead atoms. The van der Waals surface area contributed by atoms with Crippen LogP contribution in [0, 0.1) is 0 Å². The maximum Gasteiger partial charge on any atom is 0.237 e. The molecule has 3 aliphatic heterocycles. The lowest BCUT2D eigenvalue weighted by molar-refractivity contribution is -0.131. The van der Waals surface area contributed by atoms with E-state index >= 15 is 0 Å². The van der Waals surface area contributed by atoms with Gasteiger partial charge in [-0.2, -0.15) is 0 Å². The molecular weight excluding hydrogens is 342 g/mol. The van der Waals surface area contributed by atoms with Crippen molar-refractivity contribution in [1.29, 1.82) is 0 Å². The van der Waals surface area contributed by atoms with Gasteiger partial charge in [0.05, 0.1) is 11.7 Å². The summed E-state index contributed by atoms with van der Waals surface area (Å²) in [7, 11) is 0. The number of nitrogens with zero attached hydrogens (tertiary/aromatic N) is 3. The van der Waals surface area contributed by atoms with Crippen LogP contribution in [0.15, 0.2) is 24.4 Å². The maximum absolute atomic E-state index is 12.4. The summed E-state index contributed by atoms with van der Waals surface area (Å²) in [5.41, 5.74) is 1.01. The number of fused-ring (bicyclic) bond motifs is 1. The van der Waals surface area contributed by atoms with Gasteiger partial charge in [0.25, 0.3) is 0 Å². The quantitative estimate of drug-likeness (QED) is 0.762. The molecule has 7 nitrogen and oxygen atoms in total. The van der Waals surface area contributed by atoms with Crippen molar-refractivity contribution in [3.05, 3.63) is 30.1 Å². The minimum absolute atomic E-state index is 0.0770. The van der Waals surface area contributed by atoms with E-state index in [1.165, 1.54) is 0 Å². The predicted molar refractivity (Wildman–Crippen MR) is 102 cm³/mol. The van der Waals surface area contributed by atoms with Gasteiger partial charge in [0.2, 0.25) is 11.8 Å². The smallest absolute Gasteiger partial charge is 0.237 e. The molecule has 1 aromatic heterocycles. The highest BCUT2D eigenvalue weighted by molar-refractivity contribution is 5.83. The standard InChI is InChI=1S/C20H29N5O2/c26-19(24-9-3-4-10-24)7-6-17-13-23-20(27)18-11-16(14-25(17)18)22-12-15-5-1-2-8-21-15/h1-2,5,8,16-18,22H,3-4,6-7,9-14H2,(H,23,27)/t16-,17+,18-/m0/s1. The summed E-state index contributed by atoms with van der Waals surface area (Å²) in [5, 5.41) is 6.59. The van der Waals surface area contributed by atoms with Crippen molar-refractivity contribution in [2.75, 3.05) is 26.2 Å². The van der Waals surface area contributed by atoms with Gasteiger partial charge in [-0.25, -0.2) is 0 Å². The van der Waals surface area contributed by atoms with Crippen molar-refractivity contribution < 1.29 is 9.59 Å². The molecule has 0 spiro atoms. The number of hydrogen-bond donors (Lipinski definition) is 2. The van der Waals surface area contributed by atoms with Crippen LogP contribution in [0.2, 0.25) is 0 Å². The molecule has 146 valence electrons. The first-order valence-electron chi connectivity index (χ1n) is 10.2. The molecule has 0 aromatic carbocycles. The number of rotatable bonds is 6. The molecule has 4 rings (SSSR count). The highest BCUT2D eigenvalue weighted by Crippen LogP contribution is 2.26. The Hall–Kier alpha value is -1.99. The third-order valence-electron chi connectivity index (χ3n) is 6.07. The molecule has 3 saturated heterocycles. The van der Waals surface area contributed by atoms with Crippen LogP contribution in [0.25, 0.3) is 0 Å². The maximum atomic E-state index is 12.4. The lowest BCUT2D eigenvalue weighted by Crippen LogP contribution is -2.58. The van der Waals surface area contributed by atoms with Crippen molar-refractivity contribution >= 4 is 11.8 Å².